The number of anilines is 1. The lowest BCUT2D eigenvalue weighted by atomic mass is 10.1. The Hall–Kier alpha value is -2.85. The highest BCUT2D eigenvalue weighted by Gasteiger charge is 2.33. The van der Waals surface area contributed by atoms with Crippen LogP contribution in [0, 0.1) is 10.1 Å². The molecule has 8 nitrogen and oxygen atoms in total. The average molecular weight is 375 g/mol. The molecule has 2 N–H and O–H groups in total. The molecule has 1 aromatic rings. The molecule has 1 amide bonds. The van der Waals surface area contributed by atoms with Gasteiger partial charge in [0.05, 0.1) is 10.5 Å². The number of ether oxygens (including phenoxy) is 1. The SMILES string of the molecule is C[C@H](OC(=O)CNc1ccc(C(F)(F)F)cc1[N+](=O)[O-])C(=O)NC1CC1. The van der Waals surface area contributed by atoms with Crippen molar-refractivity contribution in [1.29, 1.82) is 0 Å². The van der Waals surface area contributed by atoms with Gasteiger partial charge in [-0.25, -0.2) is 0 Å². The van der Waals surface area contributed by atoms with Crippen LogP contribution in [0.3, 0.4) is 0 Å². The summed E-state index contributed by atoms with van der Waals surface area (Å²) < 4.78 is 42.8. The molecule has 26 heavy (non-hydrogen) atoms. The standard InChI is InChI=1S/C15H16F3N3O5/c1-8(14(23)20-10-3-4-10)26-13(22)7-19-11-5-2-9(15(16,17)18)6-12(11)21(24)25/h2,5-6,8,10,19H,3-4,7H2,1H3,(H,20,23)/t8-/m0/s1. The molecule has 11 heteroatoms. The number of benzene rings is 1. The van der Waals surface area contributed by atoms with Crippen LogP contribution in [0.5, 0.6) is 0 Å². The number of nitrogens with zero attached hydrogens (tertiary/aromatic N) is 1. The molecule has 1 aliphatic carbocycles. The van der Waals surface area contributed by atoms with E-state index in [4.69, 9.17) is 4.74 Å². The van der Waals surface area contributed by atoms with Gasteiger partial charge in [-0.3, -0.25) is 19.7 Å². The fourth-order valence-corrected chi connectivity index (χ4v) is 2.01. The zero-order valence-electron chi connectivity index (χ0n) is 13.6. The van der Waals surface area contributed by atoms with Gasteiger partial charge >= 0.3 is 12.1 Å². The molecule has 1 aromatic carbocycles. The summed E-state index contributed by atoms with van der Waals surface area (Å²) in [6, 6.07) is 1.99. The Kier molecular flexibility index (Phi) is 5.68. The van der Waals surface area contributed by atoms with Crippen molar-refractivity contribution in [2.75, 3.05) is 11.9 Å². The first kappa shape index (κ1) is 19.5. The maximum atomic E-state index is 12.6. The number of amides is 1. The average Bonchev–Trinajstić information content (AvgIpc) is 3.35. The Morgan fingerprint density at radius 1 is 1.38 bits per heavy atom. The van der Waals surface area contributed by atoms with Crippen molar-refractivity contribution in [3.05, 3.63) is 33.9 Å². The molecule has 2 rings (SSSR count). The second-order valence-electron chi connectivity index (χ2n) is 5.76. The molecule has 1 saturated carbocycles. The van der Waals surface area contributed by atoms with E-state index in [1.54, 1.807) is 0 Å². The van der Waals surface area contributed by atoms with Crippen molar-refractivity contribution in [3.8, 4) is 0 Å². The van der Waals surface area contributed by atoms with E-state index >= 15 is 0 Å². The van der Waals surface area contributed by atoms with E-state index < -0.39 is 46.9 Å². The summed E-state index contributed by atoms with van der Waals surface area (Å²) in [5.41, 5.74) is -2.27. The van der Waals surface area contributed by atoms with Crippen LogP contribution in [0.1, 0.15) is 25.3 Å². The van der Waals surface area contributed by atoms with Crippen LogP contribution in [0.15, 0.2) is 18.2 Å². The quantitative estimate of drug-likeness (QED) is 0.430. The van der Waals surface area contributed by atoms with E-state index in [0.29, 0.717) is 12.1 Å². The van der Waals surface area contributed by atoms with Gasteiger partial charge in [-0.2, -0.15) is 13.2 Å². The van der Waals surface area contributed by atoms with Crippen molar-refractivity contribution in [2.45, 2.75) is 38.1 Å². The molecule has 0 heterocycles. The van der Waals surface area contributed by atoms with Crippen molar-refractivity contribution in [3.63, 3.8) is 0 Å². The smallest absolute Gasteiger partial charge is 0.416 e. The van der Waals surface area contributed by atoms with Crippen LogP contribution in [0.25, 0.3) is 0 Å². The topological polar surface area (TPSA) is 111 Å². The number of hydrogen-bond acceptors (Lipinski definition) is 6. The molecule has 0 aliphatic heterocycles. The van der Waals surface area contributed by atoms with Crippen molar-refractivity contribution in [2.24, 2.45) is 0 Å². The zero-order chi connectivity index (χ0) is 19.5. The summed E-state index contributed by atoms with van der Waals surface area (Å²) in [6.45, 7) is 0.823. The molecule has 1 aliphatic rings. The minimum Gasteiger partial charge on any atom is -0.451 e. The molecule has 142 valence electrons. The van der Waals surface area contributed by atoms with Gasteiger partial charge in [0.15, 0.2) is 6.10 Å². The lowest BCUT2D eigenvalue weighted by molar-refractivity contribution is -0.384. The summed E-state index contributed by atoms with van der Waals surface area (Å²) >= 11 is 0. The van der Waals surface area contributed by atoms with Gasteiger partial charge in [-0.1, -0.05) is 0 Å². The molecule has 0 radical (unpaired) electrons. The third kappa shape index (κ3) is 5.33. The van der Waals surface area contributed by atoms with Crippen molar-refractivity contribution >= 4 is 23.3 Å². The third-order valence-electron chi connectivity index (χ3n) is 3.55. The molecule has 0 spiro atoms. The molecule has 0 unspecified atom stereocenters. The maximum Gasteiger partial charge on any atom is 0.416 e. The van der Waals surface area contributed by atoms with Crippen LogP contribution in [-0.2, 0) is 20.5 Å². The summed E-state index contributed by atoms with van der Waals surface area (Å²) in [7, 11) is 0. The van der Waals surface area contributed by atoms with E-state index in [1.807, 2.05) is 0 Å². The zero-order valence-corrected chi connectivity index (χ0v) is 13.6. The summed E-state index contributed by atoms with van der Waals surface area (Å²) in [5.74, 6) is -1.33. The summed E-state index contributed by atoms with van der Waals surface area (Å²) in [4.78, 5) is 33.4. The van der Waals surface area contributed by atoms with Crippen LogP contribution >= 0.6 is 0 Å². The van der Waals surface area contributed by atoms with Gasteiger partial charge in [0.1, 0.15) is 12.2 Å². The number of halogens is 3. The largest absolute Gasteiger partial charge is 0.451 e. The number of carbonyl (C=O) groups is 2. The highest BCUT2D eigenvalue weighted by molar-refractivity contribution is 5.85. The normalized spacial score (nSPS) is 15.1. The number of carbonyl (C=O) groups excluding carboxylic acids is 2. The van der Waals surface area contributed by atoms with E-state index in [-0.39, 0.29) is 11.7 Å². The number of hydrogen-bond donors (Lipinski definition) is 2. The van der Waals surface area contributed by atoms with Crippen LogP contribution in [0.4, 0.5) is 24.5 Å². The summed E-state index contributed by atoms with van der Waals surface area (Å²) in [5, 5.41) is 16.0. The first-order valence-electron chi connectivity index (χ1n) is 7.67. The van der Waals surface area contributed by atoms with Gasteiger partial charge in [0.25, 0.3) is 11.6 Å². The van der Waals surface area contributed by atoms with E-state index in [2.05, 4.69) is 10.6 Å². The Morgan fingerprint density at radius 3 is 2.58 bits per heavy atom. The highest BCUT2D eigenvalue weighted by Crippen LogP contribution is 2.34. The van der Waals surface area contributed by atoms with Gasteiger partial charge in [0.2, 0.25) is 0 Å². The fraction of sp³-hybridized carbons (Fsp3) is 0.467. The minimum absolute atomic E-state index is 0.0940. The second kappa shape index (κ2) is 7.58. The van der Waals surface area contributed by atoms with Crippen LogP contribution in [0.2, 0.25) is 0 Å². The number of nitro groups is 1. The first-order valence-corrected chi connectivity index (χ1v) is 7.67. The maximum absolute atomic E-state index is 12.6. The van der Waals surface area contributed by atoms with Crippen molar-refractivity contribution < 1.29 is 32.4 Å². The predicted octanol–water partition coefficient (Wildman–Crippen LogP) is 2.24. The molecule has 0 bridgehead atoms. The second-order valence-corrected chi connectivity index (χ2v) is 5.76. The number of rotatable bonds is 7. The lowest BCUT2D eigenvalue weighted by Crippen LogP contribution is -2.38. The molecule has 1 atom stereocenters. The van der Waals surface area contributed by atoms with E-state index in [1.165, 1.54) is 6.92 Å². The molecule has 1 fully saturated rings. The summed E-state index contributed by atoms with van der Waals surface area (Å²) in [6.07, 6.45) is -4.04. The van der Waals surface area contributed by atoms with Gasteiger partial charge in [-0.05, 0) is 31.9 Å². The number of alkyl halides is 3. The van der Waals surface area contributed by atoms with E-state index in [0.717, 1.165) is 18.9 Å². The number of nitrogens with one attached hydrogen (secondary N) is 2. The fourth-order valence-electron chi connectivity index (χ4n) is 2.01. The van der Waals surface area contributed by atoms with E-state index in [9.17, 15) is 32.9 Å². The molecular formula is C15H16F3N3O5. The van der Waals surface area contributed by atoms with Gasteiger partial charge in [-0.15, -0.1) is 0 Å². The Labute approximate surface area is 145 Å². The Bertz CT molecular complexity index is 719. The van der Waals surface area contributed by atoms with Crippen LogP contribution < -0.4 is 10.6 Å². The monoisotopic (exact) mass is 375 g/mol. The number of esters is 1. The molecule has 0 saturated heterocycles. The third-order valence-corrected chi connectivity index (χ3v) is 3.55. The van der Waals surface area contributed by atoms with Crippen LogP contribution in [-0.4, -0.2) is 35.5 Å². The van der Waals surface area contributed by atoms with Gasteiger partial charge in [0, 0.05) is 12.1 Å². The lowest BCUT2D eigenvalue weighted by Gasteiger charge is -2.14. The Morgan fingerprint density at radius 2 is 2.04 bits per heavy atom. The molecular weight excluding hydrogens is 359 g/mol. The number of nitro benzene ring substituents is 1. The molecule has 0 aromatic heterocycles. The first-order chi connectivity index (χ1) is 12.1. The minimum atomic E-state index is -4.73. The Balaban J connectivity index is 1.96. The van der Waals surface area contributed by atoms with Gasteiger partial charge < -0.3 is 15.4 Å². The van der Waals surface area contributed by atoms with Crippen molar-refractivity contribution in [1.82, 2.24) is 5.32 Å². The highest BCUT2D eigenvalue weighted by atomic mass is 19.4. The predicted molar refractivity (Wildman–Crippen MR) is 83.3 cm³/mol.